The van der Waals surface area contributed by atoms with Gasteiger partial charge in [-0.25, -0.2) is 19.7 Å². The summed E-state index contributed by atoms with van der Waals surface area (Å²) in [6, 6.07) is 1.50. The zero-order chi connectivity index (χ0) is 9.14. The first-order chi connectivity index (χ1) is 5.66. The Hall–Kier alpha value is -1.50. The summed E-state index contributed by atoms with van der Waals surface area (Å²) in [4.78, 5) is 2.77. The van der Waals surface area contributed by atoms with Crippen LogP contribution in [0.15, 0.2) is 12.1 Å². The third kappa shape index (κ3) is 1.40. The average molecular weight is 171 g/mol. The molecule has 1 aromatic carbocycles. The maximum atomic E-state index is 12.7. The lowest BCUT2D eigenvalue weighted by molar-refractivity contribution is 0.483. The minimum absolute atomic E-state index is 0.477. The van der Waals surface area contributed by atoms with Crippen molar-refractivity contribution < 1.29 is 13.2 Å². The highest BCUT2D eigenvalue weighted by Crippen LogP contribution is 2.16. The minimum atomic E-state index is -1.27. The number of halogens is 3. The summed E-state index contributed by atoms with van der Waals surface area (Å²) in [5.41, 5.74) is -0.509. The van der Waals surface area contributed by atoms with Crippen LogP contribution >= 0.6 is 0 Å². The second-order valence-corrected chi connectivity index (χ2v) is 2.14. The van der Waals surface area contributed by atoms with Crippen molar-refractivity contribution >= 4 is 0 Å². The van der Waals surface area contributed by atoms with E-state index in [0.29, 0.717) is 6.07 Å². The van der Waals surface area contributed by atoms with Crippen LogP contribution in [0, 0.1) is 24.0 Å². The van der Waals surface area contributed by atoms with Gasteiger partial charge in [-0.3, -0.25) is 0 Å². The Morgan fingerprint density at radius 3 is 2.33 bits per heavy atom. The molecule has 1 rings (SSSR count). The molecule has 0 aliphatic heterocycles. The average Bonchev–Trinajstić information content (AvgIpc) is 2.06. The molecule has 0 amide bonds. The molecule has 4 heteroatoms. The van der Waals surface area contributed by atoms with Crippen LogP contribution < -0.4 is 0 Å². The van der Waals surface area contributed by atoms with E-state index in [1.165, 1.54) is 0 Å². The first-order valence-corrected chi connectivity index (χ1v) is 3.12. The van der Waals surface area contributed by atoms with E-state index in [9.17, 15) is 13.2 Å². The van der Waals surface area contributed by atoms with E-state index in [4.69, 9.17) is 6.57 Å². The van der Waals surface area contributed by atoms with Crippen LogP contribution in [0.3, 0.4) is 0 Å². The molecule has 0 bridgehead atoms. The first-order valence-electron chi connectivity index (χ1n) is 3.12. The smallest absolute Gasteiger partial charge is 0.245 e. The summed E-state index contributed by atoms with van der Waals surface area (Å²) in [7, 11) is 0. The van der Waals surface area contributed by atoms with Crippen molar-refractivity contribution in [2.45, 2.75) is 6.54 Å². The normalized spacial score (nSPS) is 9.50. The minimum Gasteiger partial charge on any atom is -0.312 e. The molecular formula is C8H4F3N. The zero-order valence-corrected chi connectivity index (χ0v) is 5.94. The van der Waals surface area contributed by atoms with Crippen LogP contribution in [0.25, 0.3) is 4.85 Å². The van der Waals surface area contributed by atoms with Gasteiger partial charge in [0.05, 0.1) is 0 Å². The summed E-state index contributed by atoms with van der Waals surface area (Å²) in [5, 5.41) is 0. The molecule has 1 aromatic rings. The maximum Gasteiger partial charge on any atom is 0.245 e. The fourth-order valence-electron chi connectivity index (χ4n) is 0.793. The Balaban J connectivity index is 3.25. The second-order valence-electron chi connectivity index (χ2n) is 2.14. The zero-order valence-electron chi connectivity index (χ0n) is 5.94. The third-order valence-electron chi connectivity index (χ3n) is 1.38. The number of rotatable bonds is 1. The van der Waals surface area contributed by atoms with Crippen molar-refractivity contribution in [1.29, 1.82) is 0 Å². The fourth-order valence-corrected chi connectivity index (χ4v) is 0.793. The highest BCUT2D eigenvalue weighted by Gasteiger charge is 2.15. The molecule has 0 spiro atoms. The van der Waals surface area contributed by atoms with E-state index < -0.39 is 29.6 Å². The van der Waals surface area contributed by atoms with Gasteiger partial charge in [0.1, 0.15) is 11.4 Å². The monoisotopic (exact) mass is 171 g/mol. The highest BCUT2D eigenvalue weighted by molar-refractivity contribution is 5.22. The SMILES string of the molecule is [C-]#[N+]Cc1c(F)ccc(F)c1F. The summed E-state index contributed by atoms with van der Waals surface area (Å²) in [6.07, 6.45) is 0. The van der Waals surface area contributed by atoms with E-state index in [1.54, 1.807) is 0 Å². The van der Waals surface area contributed by atoms with Crippen molar-refractivity contribution in [3.63, 3.8) is 0 Å². The summed E-state index contributed by atoms with van der Waals surface area (Å²) in [6.45, 7) is 5.90. The summed E-state index contributed by atoms with van der Waals surface area (Å²) >= 11 is 0. The summed E-state index contributed by atoms with van der Waals surface area (Å²) < 4.78 is 37.8. The van der Waals surface area contributed by atoms with E-state index in [1.807, 2.05) is 0 Å². The first kappa shape index (κ1) is 8.60. The van der Waals surface area contributed by atoms with Gasteiger partial charge in [0.25, 0.3) is 0 Å². The van der Waals surface area contributed by atoms with E-state index in [2.05, 4.69) is 4.85 Å². The lowest BCUT2D eigenvalue weighted by Gasteiger charge is -1.97. The Kier molecular flexibility index (Phi) is 2.34. The number of benzene rings is 1. The molecule has 0 fully saturated rings. The molecule has 0 saturated carbocycles. The van der Waals surface area contributed by atoms with Crippen LogP contribution in [0.4, 0.5) is 13.2 Å². The van der Waals surface area contributed by atoms with Crippen molar-refractivity contribution in [2.75, 3.05) is 0 Å². The molecule has 62 valence electrons. The van der Waals surface area contributed by atoms with Gasteiger partial charge in [-0.05, 0) is 12.1 Å². The quantitative estimate of drug-likeness (QED) is 0.451. The number of hydrogen-bond donors (Lipinski definition) is 0. The molecule has 0 N–H and O–H groups in total. The van der Waals surface area contributed by atoms with Gasteiger partial charge in [-0.1, -0.05) is 0 Å². The molecule has 0 aliphatic rings. The predicted molar refractivity (Wildman–Crippen MR) is 36.6 cm³/mol. The molecule has 0 radical (unpaired) electrons. The number of hydrogen-bond acceptors (Lipinski definition) is 0. The van der Waals surface area contributed by atoms with Gasteiger partial charge in [0.2, 0.25) is 6.54 Å². The van der Waals surface area contributed by atoms with Crippen molar-refractivity contribution in [3.8, 4) is 0 Å². The van der Waals surface area contributed by atoms with Gasteiger partial charge in [-0.15, -0.1) is 0 Å². The molecular weight excluding hydrogens is 167 g/mol. The van der Waals surface area contributed by atoms with Crippen molar-refractivity contribution in [2.24, 2.45) is 0 Å². The Morgan fingerprint density at radius 2 is 1.75 bits per heavy atom. The van der Waals surface area contributed by atoms with Gasteiger partial charge in [0.15, 0.2) is 11.6 Å². The molecule has 0 heterocycles. The highest BCUT2D eigenvalue weighted by atomic mass is 19.2. The van der Waals surface area contributed by atoms with Crippen LogP contribution in [0.1, 0.15) is 5.56 Å². The Bertz CT molecular complexity index is 341. The second kappa shape index (κ2) is 3.26. The Labute approximate surface area is 67.3 Å². The van der Waals surface area contributed by atoms with Crippen LogP contribution in [-0.4, -0.2) is 0 Å². The predicted octanol–water partition coefficient (Wildman–Crippen LogP) is 2.52. The van der Waals surface area contributed by atoms with E-state index >= 15 is 0 Å². The Morgan fingerprint density at radius 1 is 1.17 bits per heavy atom. The molecule has 0 saturated heterocycles. The van der Waals surface area contributed by atoms with Gasteiger partial charge < -0.3 is 4.85 Å². The topological polar surface area (TPSA) is 4.36 Å². The van der Waals surface area contributed by atoms with E-state index in [0.717, 1.165) is 6.07 Å². The third-order valence-corrected chi connectivity index (χ3v) is 1.38. The largest absolute Gasteiger partial charge is 0.312 e. The molecule has 0 aliphatic carbocycles. The van der Waals surface area contributed by atoms with Crippen LogP contribution in [0.2, 0.25) is 0 Å². The summed E-state index contributed by atoms with van der Waals surface area (Å²) in [5.74, 6) is -3.29. The van der Waals surface area contributed by atoms with Crippen LogP contribution in [-0.2, 0) is 6.54 Å². The maximum absolute atomic E-state index is 12.7. The lowest BCUT2D eigenvalue weighted by atomic mass is 10.2. The molecule has 1 nitrogen and oxygen atoms in total. The molecule has 0 unspecified atom stereocenters. The van der Waals surface area contributed by atoms with Crippen molar-refractivity contribution in [1.82, 2.24) is 0 Å². The standard InChI is InChI=1S/C8H4F3N/c1-12-4-5-6(9)2-3-7(10)8(5)11/h2-3H,4H2. The van der Waals surface area contributed by atoms with Crippen LogP contribution in [0.5, 0.6) is 0 Å². The fraction of sp³-hybridized carbons (Fsp3) is 0.125. The van der Waals surface area contributed by atoms with Gasteiger partial charge >= 0.3 is 0 Å². The molecule has 0 aromatic heterocycles. The molecule has 0 atom stereocenters. The van der Waals surface area contributed by atoms with Crippen molar-refractivity contribution in [3.05, 3.63) is 46.6 Å². The molecule has 12 heavy (non-hydrogen) atoms. The van der Waals surface area contributed by atoms with Gasteiger partial charge in [0, 0.05) is 0 Å². The van der Waals surface area contributed by atoms with Gasteiger partial charge in [-0.2, -0.15) is 0 Å². The van der Waals surface area contributed by atoms with E-state index in [-0.39, 0.29) is 0 Å². The number of nitrogens with zero attached hydrogens (tertiary/aromatic N) is 1. The lowest BCUT2D eigenvalue weighted by Crippen LogP contribution is -1.96.